The molecule has 0 spiro atoms. The Hall–Kier alpha value is -2.34. The maximum Gasteiger partial charge on any atom is 0.181 e. The molecule has 0 aliphatic rings. The van der Waals surface area contributed by atoms with Crippen molar-refractivity contribution >= 4 is 22.9 Å². The lowest BCUT2D eigenvalue weighted by atomic mass is 10.2. The molecule has 0 aliphatic carbocycles. The average Bonchev–Trinajstić information content (AvgIpc) is 2.98. The lowest BCUT2D eigenvalue weighted by molar-refractivity contribution is 0.415. The number of hydrogen-bond donors (Lipinski definition) is 1. The molecule has 0 radical (unpaired) electrons. The van der Waals surface area contributed by atoms with Gasteiger partial charge >= 0.3 is 0 Å². The highest BCUT2D eigenvalue weighted by molar-refractivity contribution is 8.00. The van der Waals surface area contributed by atoms with Gasteiger partial charge in [-0.1, -0.05) is 6.08 Å². The van der Waals surface area contributed by atoms with Crippen molar-refractivity contribution in [1.29, 1.82) is 0 Å². The van der Waals surface area contributed by atoms with Gasteiger partial charge in [0.2, 0.25) is 0 Å². The summed E-state index contributed by atoms with van der Waals surface area (Å²) in [5.41, 5.74) is 2.35. The van der Waals surface area contributed by atoms with Crippen molar-refractivity contribution in [2.75, 3.05) is 7.11 Å². The number of nitrogens with one attached hydrogen (secondary N) is 1. The summed E-state index contributed by atoms with van der Waals surface area (Å²) in [5, 5.41) is 0.344. The third-order valence-corrected chi connectivity index (χ3v) is 4.33. The molecule has 0 aliphatic heterocycles. The smallest absolute Gasteiger partial charge is 0.181 e. The van der Waals surface area contributed by atoms with Crippen molar-refractivity contribution in [2.45, 2.75) is 17.1 Å². The molecule has 6 heteroatoms. The highest BCUT2D eigenvalue weighted by Crippen LogP contribution is 2.34. The Labute approximate surface area is 132 Å². The Kier molecular flexibility index (Phi) is 4.11. The van der Waals surface area contributed by atoms with Crippen LogP contribution in [0.15, 0.2) is 48.3 Å². The van der Waals surface area contributed by atoms with Gasteiger partial charge in [0.25, 0.3) is 0 Å². The van der Waals surface area contributed by atoms with E-state index in [1.165, 1.54) is 6.33 Å². The molecule has 2 aromatic heterocycles. The molecule has 112 valence electrons. The number of H-pyrrole nitrogens is 1. The zero-order valence-electron chi connectivity index (χ0n) is 12.4. The van der Waals surface area contributed by atoms with Crippen LogP contribution in [0.25, 0.3) is 22.6 Å². The average molecular weight is 312 g/mol. The molecule has 1 unspecified atom stereocenters. The monoisotopic (exact) mass is 312 g/mol. The van der Waals surface area contributed by atoms with Gasteiger partial charge in [0, 0.05) is 10.1 Å². The fraction of sp³-hybridized carbons (Fsp3) is 0.188. The van der Waals surface area contributed by atoms with Crippen LogP contribution in [-0.4, -0.2) is 32.3 Å². The van der Waals surface area contributed by atoms with Crippen LogP contribution < -0.4 is 4.74 Å². The number of fused-ring (bicyclic) bond motifs is 1. The Bertz CT molecular complexity index is 782. The molecule has 0 amide bonds. The van der Waals surface area contributed by atoms with Gasteiger partial charge in [-0.05, 0) is 25.1 Å². The van der Waals surface area contributed by atoms with Crippen molar-refractivity contribution < 1.29 is 4.74 Å². The predicted octanol–water partition coefficient (Wildman–Crippen LogP) is 3.70. The lowest BCUT2D eigenvalue weighted by Crippen LogP contribution is -1.92. The van der Waals surface area contributed by atoms with Crippen molar-refractivity contribution in [2.24, 2.45) is 0 Å². The maximum atomic E-state index is 5.52. The Morgan fingerprint density at radius 2 is 2.27 bits per heavy atom. The van der Waals surface area contributed by atoms with E-state index in [2.05, 4.69) is 39.5 Å². The highest BCUT2D eigenvalue weighted by atomic mass is 32.2. The van der Waals surface area contributed by atoms with E-state index in [1.54, 1.807) is 25.1 Å². The fourth-order valence-electron chi connectivity index (χ4n) is 2.09. The number of imidazole rings is 1. The fourth-order valence-corrected chi connectivity index (χ4v) is 2.94. The molecule has 0 fully saturated rings. The zero-order valence-corrected chi connectivity index (χ0v) is 13.2. The van der Waals surface area contributed by atoms with Crippen LogP contribution in [0.3, 0.4) is 0 Å². The molecule has 2 heterocycles. The number of aromatic nitrogens is 4. The molecule has 1 N–H and O–H groups in total. The van der Waals surface area contributed by atoms with Gasteiger partial charge in [0.1, 0.15) is 23.4 Å². The quantitative estimate of drug-likeness (QED) is 0.575. The van der Waals surface area contributed by atoms with Crippen LogP contribution in [0.1, 0.15) is 6.92 Å². The maximum absolute atomic E-state index is 5.52. The summed E-state index contributed by atoms with van der Waals surface area (Å²) >= 11 is 1.73. The second kappa shape index (κ2) is 6.19. The number of rotatable bonds is 5. The highest BCUT2D eigenvalue weighted by Gasteiger charge is 2.13. The minimum atomic E-state index is 0.344. The number of benzene rings is 1. The first-order valence-electron chi connectivity index (χ1n) is 6.84. The Morgan fingerprint density at radius 1 is 1.41 bits per heavy atom. The SMILES string of the molecule is C=CC(C)Sc1ccc(-c2nc3ncncc3[nH]2)c(OC)c1. The summed E-state index contributed by atoms with van der Waals surface area (Å²) in [6, 6.07) is 6.07. The molecular formula is C16H16N4OS. The molecule has 1 atom stereocenters. The number of methoxy groups -OCH3 is 1. The minimum absolute atomic E-state index is 0.344. The summed E-state index contributed by atoms with van der Waals surface area (Å²) in [6.45, 7) is 5.92. The van der Waals surface area contributed by atoms with Crippen molar-refractivity contribution in [3.8, 4) is 17.1 Å². The van der Waals surface area contributed by atoms with Crippen LogP contribution in [0.4, 0.5) is 0 Å². The molecule has 22 heavy (non-hydrogen) atoms. The molecule has 0 bridgehead atoms. The molecule has 0 saturated heterocycles. The van der Waals surface area contributed by atoms with Gasteiger partial charge < -0.3 is 9.72 Å². The van der Waals surface area contributed by atoms with E-state index in [1.807, 2.05) is 18.2 Å². The van der Waals surface area contributed by atoms with Gasteiger partial charge in [-0.2, -0.15) is 0 Å². The van der Waals surface area contributed by atoms with E-state index in [0.29, 0.717) is 10.9 Å². The number of nitrogens with zero attached hydrogens (tertiary/aromatic N) is 3. The third-order valence-electron chi connectivity index (χ3n) is 3.24. The number of thioether (sulfide) groups is 1. The van der Waals surface area contributed by atoms with E-state index in [4.69, 9.17) is 4.74 Å². The lowest BCUT2D eigenvalue weighted by Gasteiger charge is -2.10. The van der Waals surface area contributed by atoms with Gasteiger partial charge in [0.15, 0.2) is 5.65 Å². The van der Waals surface area contributed by atoms with Crippen LogP contribution in [-0.2, 0) is 0 Å². The normalized spacial score (nSPS) is 12.3. The summed E-state index contributed by atoms with van der Waals surface area (Å²) in [6.07, 6.45) is 5.12. The predicted molar refractivity (Wildman–Crippen MR) is 89.2 cm³/mol. The minimum Gasteiger partial charge on any atom is -0.496 e. The van der Waals surface area contributed by atoms with Crippen LogP contribution in [0.5, 0.6) is 5.75 Å². The van der Waals surface area contributed by atoms with Crippen molar-refractivity contribution in [3.63, 3.8) is 0 Å². The first-order chi connectivity index (χ1) is 10.7. The molecule has 3 rings (SSSR count). The standard InChI is InChI=1S/C16H16N4OS/c1-4-10(2)22-11-5-6-12(14(7-11)21-3)15-19-13-8-17-9-18-16(13)20-15/h4-10H,1H2,2-3H3,(H,17,18,19,20). The Balaban J connectivity index is 2.00. The van der Waals surface area contributed by atoms with E-state index in [9.17, 15) is 0 Å². The van der Waals surface area contributed by atoms with Crippen LogP contribution in [0, 0.1) is 0 Å². The van der Waals surface area contributed by atoms with Crippen LogP contribution >= 0.6 is 11.8 Å². The van der Waals surface area contributed by atoms with Gasteiger partial charge in [-0.15, -0.1) is 18.3 Å². The summed E-state index contributed by atoms with van der Waals surface area (Å²) in [7, 11) is 1.66. The Morgan fingerprint density at radius 3 is 3.00 bits per heavy atom. The molecule has 5 nitrogen and oxygen atoms in total. The number of hydrogen-bond acceptors (Lipinski definition) is 5. The van der Waals surface area contributed by atoms with E-state index >= 15 is 0 Å². The topological polar surface area (TPSA) is 63.7 Å². The zero-order chi connectivity index (χ0) is 15.5. The van der Waals surface area contributed by atoms with Crippen molar-refractivity contribution in [1.82, 2.24) is 19.9 Å². The first kappa shape index (κ1) is 14.6. The third kappa shape index (κ3) is 2.82. The number of ether oxygens (including phenoxy) is 1. The first-order valence-corrected chi connectivity index (χ1v) is 7.72. The molecular weight excluding hydrogens is 296 g/mol. The van der Waals surface area contributed by atoms with E-state index < -0.39 is 0 Å². The molecule has 0 saturated carbocycles. The van der Waals surface area contributed by atoms with Gasteiger partial charge in [-0.25, -0.2) is 15.0 Å². The number of aromatic amines is 1. The van der Waals surface area contributed by atoms with E-state index in [0.717, 1.165) is 27.5 Å². The largest absolute Gasteiger partial charge is 0.496 e. The van der Waals surface area contributed by atoms with E-state index in [-0.39, 0.29) is 0 Å². The molecule has 1 aromatic carbocycles. The van der Waals surface area contributed by atoms with Crippen LogP contribution in [0.2, 0.25) is 0 Å². The summed E-state index contributed by atoms with van der Waals surface area (Å²) in [4.78, 5) is 17.0. The van der Waals surface area contributed by atoms with Gasteiger partial charge in [0.05, 0.1) is 18.9 Å². The second-order valence-corrected chi connectivity index (χ2v) is 6.22. The molecule has 3 aromatic rings. The second-order valence-electron chi connectivity index (χ2n) is 4.77. The van der Waals surface area contributed by atoms with Crippen molar-refractivity contribution in [3.05, 3.63) is 43.4 Å². The summed E-state index contributed by atoms with van der Waals surface area (Å²) < 4.78 is 5.52. The van der Waals surface area contributed by atoms with Gasteiger partial charge in [-0.3, -0.25) is 0 Å². The summed E-state index contributed by atoms with van der Waals surface area (Å²) in [5.74, 6) is 1.49.